The van der Waals surface area contributed by atoms with E-state index in [-0.39, 0.29) is 12.2 Å². The number of aliphatic carboxylic acids is 1. The summed E-state index contributed by atoms with van der Waals surface area (Å²) < 4.78 is 10.7. The molecule has 5 heteroatoms. The molecule has 2 aromatic carbocycles. The van der Waals surface area contributed by atoms with Crippen molar-refractivity contribution in [2.75, 3.05) is 13.7 Å². The van der Waals surface area contributed by atoms with Gasteiger partial charge in [-0.2, -0.15) is 0 Å². The summed E-state index contributed by atoms with van der Waals surface area (Å²) in [4.78, 5) is 22.7. The van der Waals surface area contributed by atoms with Gasteiger partial charge in [0.05, 0.1) is 13.7 Å². The maximum Gasteiger partial charge on any atom is 0.303 e. The minimum absolute atomic E-state index is 0.0737. The van der Waals surface area contributed by atoms with Gasteiger partial charge in [-0.05, 0) is 48.9 Å². The quantitative estimate of drug-likeness (QED) is 0.427. The Hall–Kier alpha value is -3.08. The Kier molecular flexibility index (Phi) is 6.77. The molecular weight excluding hydrogens is 320 g/mol. The largest absolute Gasteiger partial charge is 0.496 e. The second kappa shape index (κ2) is 9.27. The lowest BCUT2D eigenvalue weighted by Crippen LogP contribution is -2.02. The average molecular weight is 340 g/mol. The van der Waals surface area contributed by atoms with Crippen molar-refractivity contribution in [2.45, 2.75) is 12.8 Å². The number of carbonyl (C=O) groups is 2. The summed E-state index contributed by atoms with van der Waals surface area (Å²) in [6.07, 6.45) is 3.74. The van der Waals surface area contributed by atoms with E-state index in [1.807, 2.05) is 24.3 Å². The first kappa shape index (κ1) is 18.3. The number of benzene rings is 2. The predicted molar refractivity (Wildman–Crippen MR) is 95.2 cm³/mol. The van der Waals surface area contributed by atoms with E-state index in [1.54, 1.807) is 37.5 Å². The van der Waals surface area contributed by atoms with Crippen LogP contribution in [0.3, 0.4) is 0 Å². The van der Waals surface area contributed by atoms with E-state index < -0.39 is 5.97 Å². The van der Waals surface area contributed by atoms with Gasteiger partial charge >= 0.3 is 5.97 Å². The predicted octanol–water partition coefficient (Wildman–Crippen LogP) is 3.83. The lowest BCUT2D eigenvalue weighted by Gasteiger charge is -2.06. The molecule has 0 radical (unpaired) electrons. The molecule has 0 saturated heterocycles. The van der Waals surface area contributed by atoms with Gasteiger partial charge in [0.25, 0.3) is 0 Å². The fourth-order valence-electron chi connectivity index (χ4n) is 2.19. The van der Waals surface area contributed by atoms with Crippen LogP contribution in [0, 0.1) is 0 Å². The van der Waals surface area contributed by atoms with Crippen LogP contribution in [-0.2, 0) is 4.79 Å². The van der Waals surface area contributed by atoms with Crippen LogP contribution < -0.4 is 9.47 Å². The van der Waals surface area contributed by atoms with Crippen molar-refractivity contribution in [1.29, 1.82) is 0 Å². The zero-order valence-corrected chi connectivity index (χ0v) is 14.0. The maximum atomic E-state index is 12.2. The molecule has 0 amide bonds. The number of ketones is 1. The number of allylic oxidation sites excluding steroid dienone is 1. The third kappa shape index (κ3) is 5.80. The van der Waals surface area contributed by atoms with Crippen LogP contribution in [0.2, 0.25) is 0 Å². The number of ether oxygens (including phenoxy) is 2. The zero-order chi connectivity index (χ0) is 18.1. The van der Waals surface area contributed by atoms with Crippen molar-refractivity contribution in [3.05, 3.63) is 65.7 Å². The molecule has 0 fully saturated rings. The number of methoxy groups -OCH3 is 1. The van der Waals surface area contributed by atoms with Crippen molar-refractivity contribution in [3.63, 3.8) is 0 Å². The van der Waals surface area contributed by atoms with Crippen LogP contribution >= 0.6 is 0 Å². The molecule has 2 rings (SSSR count). The van der Waals surface area contributed by atoms with Crippen LogP contribution in [0.5, 0.6) is 11.5 Å². The van der Waals surface area contributed by atoms with E-state index >= 15 is 0 Å². The van der Waals surface area contributed by atoms with E-state index in [1.165, 1.54) is 6.08 Å². The molecule has 5 nitrogen and oxygen atoms in total. The topological polar surface area (TPSA) is 72.8 Å². The fraction of sp³-hybridized carbons (Fsp3) is 0.200. The monoisotopic (exact) mass is 340 g/mol. The molecule has 0 saturated carbocycles. The Morgan fingerprint density at radius 3 is 2.48 bits per heavy atom. The third-order valence-corrected chi connectivity index (χ3v) is 3.50. The molecule has 0 spiro atoms. The summed E-state index contributed by atoms with van der Waals surface area (Å²) in [5, 5.41) is 8.57. The standard InChI is InChI=1S/C20H20O5/c1-24-19-6-3-2-5-16(19)10-13-18(21)15-8-11-17(12-9-15)25-14-4-7-20(22)23/h2-3,5-6,8-13H,4,7,14H2,1H3,(H,22,23)/b13-10+. The van der Waals surface area contributed by atoms with Gasteiger partial charge in [0, 0.05) is 17.5 Å². The average Bonchev–Trinajstić information content (AvgIpc) is 2.64. The molecule has 0 aromatic heterocycles. The lowest BCUT2D eigenvalue weighted by molar-refractivity contribution is -0.137. The number of carboxylic acid groups (broad SMARTS) is 1. The smallest absolute Gasteiger partial charge is 0.303 e. The second-order valence-electron chi connectivity index (χ2n) is 5.31. The van der Waals surface area contributed by atoms with Gasteiger partial charge in [-0.1, -0.05) is 18.2 Å². The molecular formula is C20H20O5. The van der Waals surface area contributed by atoms with Crippen LogP contribution in [0.25, 0.3) is 6.08 Å². The normalized spacial score (nSPS) is 10.6. The van der Waals surface area contributed by atoms with E-state index in [0.29, 0.717) is 30.1 Å². The number of carbonyl (C=O) groups excluding carboxylic acids is 1. The van der Waals surface area contributed by atoms with Crippen molar-refractivity contribution in [3.8, 4) is 11.5 Å². The van der Waals surface area contributed by atoms with Crippen LogP contribution in [0.1, 0.15) is 28.8 Å². The van der Waals surface area contributed by atoms with Gasteiger partial charge in [-0.15, -0.1) is 0 Å². The van der Waals surface area contributed by atoms with Gasteiger partial charge < -0.3 is 14.6 Å². The molecule has 0 atom stereocenters. The minimum atomic E-state index is -0.841. The summed E-state index contributed by atoms with van der Waals surface area (Å²) >= 11 is 0. The van der Waals surface area contributed by atoms with Gasteiger partial charge in [0.2, 0.25) is 0 Å². The summed E-state index contributed by atoms with van der Waals surface area (Å²) in [6, 6.07) is 14.2. The molecule has 0 aliphatic heterocycles. The summed E-state index contributed by atoms with van der Waals surface area (Å²) in [5.74, 6) is 0.349. The Morgan fingerprint density at radius 2 is 1.80 bits per heavy atom. The van der Waals surface area contributed by atoms with Crippen molar-refractivity contribution in [1.82, 2.24) is 0 Å². The molecule has 0 aliphatic carbocycles. The maximum absolute atomic E-state index is 12.2. The highest BCUT2D eigenvalue weighted by atomic mass is 16.5. The van der Waals surface area contributed by atoms with Gasteiger partial charge in [0.1, 0.15) is 11.5 Å². The second-order valence-corrected chi connectivity index (χ2v) is 5.31. The first-order chi connectivity index (χ1) is 12.1. The lowest BCUT2D eigenvalue weighted by atomic mass is 10.1. The SMILES string of the molecule is COc1ccccc1/C=C/C(=O)c1ccc(OCCCC(=O)O)cc1. The Bertz CT molecular complexity index is 747. The highest BCUT2D eigenvalue weighted by molar-refractivity contribution is 6.07. The molecule has 1 N–H and O–H groups in total. The van der Waals surface area contributed by atoms with E-state index in [4.69, 9.17) is 14.6 Å². The number of hydrogen-bond donors (Lipinski definition) is 1. The Labute approximate surface area is 146 Å². The van der Waals surface area contributed by atoms with Crippen molar-refractivity contribution >= 4 is 17.8 Å². The zero-order valence-electron chi connectivity index (χ0n) is 14.0. The summed E-state index contributed by atoms with van der Waals surface area (Å²) in [6.45, 7) is 0.327. The molecule has 0 bridgehead atoms. The molecule has 130 valence electrons. The van der Waals surface area contributed by atoms with Crippen LogP contribution in [-0.4, -0.2) is 30.6 Å². The van der Waals surface area contributed by atoms with Gasteiger partial charge in [-0.25, -0.2) is 0 Å². The van der Waals surface area contributed by atoms with E-state index in [0.717, 1.165) is 5.56 Å². The molecule has 25 heavy (non-hydrogen) atoms. The van der Waals surface area contributed by atoms with Crippen LogP contribution in [0.4, 0.5) is 0 Å². The molecule has 0 unspecified atom stereocenters. The minimum Gasteiger partial charge on any atom is -0.496 e. The Balaban J connectivity index is 1.93. The Morgan fingerprint density at radius 1 is 1.08 bits per heavy atom. The molecule has 0 aliphatic rings. The number of carboxylic acids is 1. The van der Waals surface area contributed by atoms with Gasteiger partial charge in [-0.3, -0.25) is 9.59 Å². The van der Waals surface area contributed by atoms with Gasteiger partial charge in [0.15, 0.2) is 5.78 Å². The first-order valence-electron chi connectivity index (χ1n) is 7.90. The highest BCUT2D eigenvalue weighted by Crippen LogP contribution is 2.19. The van der Waals surface area contributed by atoms with Crippen molar-refractivity contribution in [2.24, 2.45) is 0 Å². The third-order valence-electron chi connectivity index (χ3n) is 3.50. The number of para-hydroxylation sites is 1. The van der Waals surface area contributed by atoms with Crippen LogP contribution in [0.15, 0.2) is 54.6 Å². The molecule has 0 heterocycles. The highest BCUT2D eigenvalue weighted by Gasteiger charge is 2.04. The number of rotatable bonds is 9. The number of hydrogen-bond acceptors (Lipinski definition) is 4. The first-order valence-corrected chi connectivity index (χ1v) is 7.90. The summed E-state index contributed by atoms with van der Waals surface area (Å²) in [5.41, 5.74) is 1.38. The van der Waals surface area contributed by atoms with E-state index in [2.05, 4.69) is 0 Å². The fourth-order valence-corrected chi connectivity index (χ4v) is 2.19. The van der Waals surface area contributed by atoms with E-state index in [9.17, 15) is 9.59 Å². The molecule has 2 aromatic rings. The van der Waals surface area contributed by atoms with Crippen molar-refractivity contribution < 1.29 is 24.2 Å². The summed E-state index contributed by atoms with van der Waals surface area (Å²) in [7, 11) is 1.59.